The number of hydrogen-bond acceptors (Lipinski definition) is 4. The monoisotopic (exact) mass is 242 g/mol. The predicted octanol–water partition coefficient (Wildman–Crippen LogP) is 0.654. The van der Waals surface area contributed by atoms with E-state index in [0.717, 1.165) is 0 Å². The smallest absolute Gasteiger partial charge is 0.194 e. The number of aliphatic hydroxyl groups is 2. The summed E-state index contributed by atoms with van der Waals surface area (Å²) in [5, 5.41) is 19.4. The zero-order valence-electron chi connectivity index (χ0n) is 9.33. The number of allylic oxidation sites excluding steroid dienone is 2. The molecule has 2 aliphatic carbocycles. The summed E-state index contributed by atoms with van der Waals surface area (Å²) in [5.74, 6) is -0.682. The van der Waals surface area contributed by atoms with E-state index in [-0.39, 0.29) is 22.5 Å². The van der Waals surface area contributed by atoms with Gasteiger partial charge in [0.1, 0.15) is 12.2 Å². The topological polar surface area (TPSA) is 74.6 Å². The molecule has 0 aromatic heterocycles. The van der Waals surface area contributed by atoms with Gasteiger partial charge >= 0.3 is 0 Å². The van der Waals surface area contributed by atoms with Crippen LogP contribution < -0.4 is 0 Å². The maximum Gasteiger partial charge on any atom is 0.194 e. The lowest BCUT2D eigenvalue weighted by Crippen LogP contribution is -2.37. The van der Waals surface area contributed by atoms with Crippen LogP contribution in [0.15, 0.2) is 47.6 Å². The minimum atomic E-state index is -1.34. The first kappa shape index (κ1) is 11.1. The van der Waals surface area contributed by atoms with Crippen molar-refractivity contribution in [1.82, 2.24) is 0 Å². The van der Waals surface area contributed by atoms with Crippen molar-refractivity contribution < 1.29 is 19.8 Å². The van der Waals surface area contributed by atoms with Gasteiger partial charge in [-0.2, -0.15) is 0 Å². The summed E-state index contributed by atoms with van der Waals surface area (Å²) in [5.41, 5.74) is 0.794. The van der Waals surface area contributed by atoms with Crippen LogP contribution >= 0.6 is 0 Å². The number of benzene rings is 1. The quantitative estimate of drug-likeness (QED) is 0.700. The number of Topliss-reactive ketones (excluding diaryl/α,β-unsaturated/α-hetero) is 2. The number of ketones is 2. The minimum absolute atomic E-state index is 0.00583. The Morgan fingerprint density at radius 2 is 1.56 bits per heavy atom. The summed E-state index contributed by atoms with van der Waals surface area (Å²) in [6.45, 7) is 0. The fourth-order valence-electron chi connectivity index (χ4n) is 2.34. The number of hydrogen-bond donors (Lipinski definition) is 2. The lowest BCUT2D eigenvalue weighted by Gasteiger charge is -2.27. The Morgan fingerprint density at radius 1 is 0.944 bits per heavy atom. The van der Waals surface area contributed by atoms with Crippen LogP contribution in [-0.2, 0) is 0 Å². The Kier molecular flexibility index (Phi) is 2.29. The molecule has 0 bridgehead atoms. The summed E-state index contributed by atoms with van der Waals surface area (Å²) in [4.78, 5) is 24.4. The second kappa shape index (κ2) is 3.73. The zero-order valence-corrected chi connectivity index (χ0v) is 9.33. The average Bonchev–Trinajstić information content (AvgIpc) is 2.39. The molecule has 0 spiro atoms. The summed E-state index contributed by atoms with van der Waals surface area (Å²) in [6.07, 6.45) is 0.242. The lowest BCUT2D eigenvalue weighted by atomic mass is 9.78. The van der Waals surface area contributed by atoms with E-state index in [9.17, 15) is 19.8 Å². The SMILES string of the molecule is O=C1C2=C(C(=O)c3ccccc31)C(O)C(O)C=C2. The van der Waals surface area contributed by atoms with Crippen LogP contribution in [0.4, 0.5) is 0 Å². The van der Waals surface area contributed by atoms with Crippen molar-refractivity contribution in [2.45, 2.75) is 12.2 Å². The molecular formula is C14H10O4. The van der Waals surface area contributed by atoms with Crippen LogP contribution in [0.1, 0.15) is 20.7 Å². The second-order valence-electron chi connectivity index (χ2n) is 4.33. The van der Waals surface area contributed by atoms with Crippen molar-refractivity contribution in [2.75, 3.05) is 0 Å². The van der Waals surface area contributed by atoms with E-state index in [4.69, 9.17) is 0 Å². The molecule has 2 atom stereocenters. The van der Waals surface area contributed by atoms with Gasteiger partial charge < -0.3 is 10.2 Å². The first-order valence-electron chi connectivity index (χ1n) is 5.58. The van der Waals surface area contributed by atoms with Gasteiger partial charge in [0.15, 0.2) is 11.6 Å². The van der Waals surface area contributed by atoms with Gasteiger partial charge in [0.2, 0.25) is 0 Å². The lowest BCUT2D eigenvalue weighted by molar-refractivity contribution is 0.0623. The van der Waals surface area contributed by atoms with Gasteiger partial charge in [0, 0.05) is 22.3 Å². The maximum atomic E-state index is 12.2. The van der Waals surface area contributed by atoms with Gasteiger partial charge in [0.25, 0.3) is 0 Å². The molecular weight excluding hydrogens is 232 g/mol. The zero-order chi connectivity index (χ0) is 12.9. The van der Waals surface area contributed by atoms with Gasteiger partial charge in [-0.05, 0) is 0 Å². The third-order valence-electron chi connectivity index (χ3n) is 3.28. The van der Waals surface area contributed by atoms with Crippen molar-refractivity contribution in [2.24, 2.45) is 0 Å². The summed E-state index contributed by atoms with van der Waals surface area (Å²) < 4.78 is 0. The highest BCUT2D eigenvalue weighted by Crippen LogP contribution is 2.32. The van der Waals surface area contributed by atoms with Crippen LogP contribution in [0.25, 0.3) is 0 Å². The van der Waals surface area contributed by atoms with E-state index in [1.54, 1.807) is 24.3 Å². The Bertz CT molecular complexity index is 624. The summed E-state index contributed by atoms with van der Waals surface area (Å²) >= 11 is 0. The van der Waals surface area contributed by atoms with E-state index in [0.29, 0.717) is 5.56 Å². The van der Waals surface area contributed by atoms with Crippen molar-refractivity contribution in [3.8, 4) is 0 Å². The normalized spacial score (nSPS) is 26.1. The highest BCUT2D eigenvalue weighted by molar-refractivity contribution is 6.28. The number of carbonyl (C=O) groups excluding carboxylic acids is 2. The van der Waals surface area contributed by atoms with Crippen molar-refractivity contribution in [1.29, 1.82) is 0 Å². The third kappa shape index (κ3) is 1.33. The van der Waals surface area contributed by atoms with Crippen LogP contribution in [0.2, 0.25) is 0 Å². The summed E-state index contributed by atoms with van der Waals surface area (Å²) in [6, 6.07) is 6.49. The van der Waals surface area contributed by atoms with Gasteiger partial charge in [0.05, 0.1) is 0 Å². The third-order valence-corrected chi connectivity index (χ3v) is 3.28. The number of fused-ring (bicyclic) bond motifs is 1. The highest BCUT2D eigenvalue weighted by Gasteiger charge is 2.38. The van der Waals surface area contributed by atoms with Crippen LogP contribution in [-0.4, -0.2) is 34.0 Å². The first-order valence-corrected chi connectivity index (χ1v) is 5.58. The highest BCUT2D eigenvalue weighted by atomic mass is 16.3. The van der Waals surface area contributed by atoms with Crippen LogP contribution in [0, 0.1) is 0 Å². The Labute approximate surface area is 103 Å². The molecule has 90 valence electrons. The molecule has 2 unspecified atom stereocenters. The van der Waals surface area contributed by atoms with Crippen molar-refractivity contribution in [3.05, 3.63) is 58.7 Å². The minimum Gasteiger partial charge on any atom is -0.386 e. The summed E-state index contributed by atoms with van der Waals surface area (Å²) in [7, 11) is 0. The number of aliphatic hydroxyl groups excluding tert-OH is 2. The molecule has 1 aromatic carbocycles. The van der Waals surface area contributed by atoms with Crippen molar-refractivity contribution >= 4 is 11.6 Å². The molecule has 4 heteroatoms. The first-order chi connectivity index (χ1) is 8.61. The van der Waals surface area contributed by atoms with E-state index < -0.39 is 18.0 Å². The molecule has 2 aliphatic rings. The predicted molar refractivity (Wildman–Crippen MR) is 63.3 cm³/mol. The largest absolute Gasteiger partial charge is 0.386 e. The van der Waals surface area contributed by atoms with Crippen LogP contribution in [0.3, 0.4) is 0 Å². The molecule has 0 saturated heterocycles. The van der Waals surface area contributed by atoms with Gasteiger partial charge in [-0.3, -0.25) is 9.59 Å². The molecule has 0 amide bonds. The Morgan fingerprint density at radius 3 is 2.22 bits per heavy atom. The van der Waals surface area contributed by atoms with E-state index in [2.05, 4.69) is 0 Å². The molecule has 4 nitrogen and oxygen atoms in total. The van der Waals surface area contributed by atoms with Crippen molar-refractivity contribution in [3.63, 3.8) is 0 Å². The fourth-order valence-corrected chi connectivity index (χ4v) is 2.34. The van der Waals surface area contributed by atoms with E-state index >= 15 is 0 Å². The van der Waals surface area contributed by atoms with E-state index in [1.807, 2.05) is 0 Å². The molecule has 3 rings (SSSR count). The number of carbonyl (C=O) groups is 2. The van der Waals surface area contributed by atoms with Crippen LogP contribution in [0.5, 0.6) is 0 Å². The van der Waals surface area contributed by atoms with Gasteiger partial charge in [-0.15, -0.1) is 0 Å². The molecule has 2 N–H and O–H groups in total. The molecule has 0 aliphatic heterocycles. The second-order valence-corrected chi connectivity index (χ2v) is 4.33. The average molecular weight is 242 g/mol. The number of rotatable bonds is 0. The Hall–Kier alpha value is -2.04. The molecule has 0 fully saturated rings. The maximum absolute atomic E-state index is 12.2. The molecule has 0 heterocycles. The molecule has 1 aromatic rings. The van der Waals surface area contributed by atoms with Gasteiger partial charge in [-0.1, -0.05) is 36.4 Å². The molecule has 18 heavy (non-hydrogen) atoms. The Balaban J connectivity index is 2.24. The van der Waals surface area contributed by atoms with Gasteiger partial charge in [-0.25, -0.2) is 0 Å². The molecule has 0 saturated carbocycles. The standard InChI is InChI=1S/C14H10O4/c15-10-6-5-9-11(14(10)18)13(17)8-4-2-1-3-7(8)12(9)16/h1-6,10,14-15,18H. The van der Waals surface area contributed by atoms with E-state index in [1.165, 1.54) is 12.2 Å². The molecule has 0 radical (unpaired) electrons. The fraction of sp³-hybridized carbons (Fsp3) is 0.143.